The number of carbonyl (C=O) groups excluding carboxylic acids is 2. The van der Waals surface area contributed by atoms with Crippen LogP contribution in [0.5, 0.6) is 11.5 Å². The molecule has 6 N–H and O–H groups in total. The first-order valence-electron chi connectivity index (χ1n) is 5.74. The number of benzene rings is 2. The Bertz CT molecular complexity index is 683. The third-order valence-corrected chi connectivity index (χ3v) is 2.64. The molecule has 2 aromatic carbocycles. The quantitative estimate of drug-likeness (QED) is 0.724. The van der Waals surface area contributed by atoms with Gasteiger partial charge in [-0.2, -0.15) is 0 Å². The van der Waals surface area contributed by atoms with Gasteiger partial charge in [0, 0.05) is 11.1 Å². The summed E-state index contributed by atoms with van der Waals surface area (Å²) >= 11 is 0. The predicted molar refractivity (Wildman–Crippen MR) is 74.4 cm³/mol. The van der Waals surface area contributed by atoms with Gasteiger partial charge in [0.1, 0.15) is 5.75 Å². The van der Waals surface area contributed by atoms with Crippen molar-refractivity contribution in [1.29, 1.82) is 0 Å². The molecule has 6 nitrogen and oxygen atoms in total. The van der Waals surface area contributed by atoms with Gasteiger partial charge in [0.2, 0.25) is 11.8 Å². The number of rotatable bonds is 4. The molecular weight excluding hydrogens is 258 g/mol. The second kappa shape index (κ2) is 5.31. The van der Waals surface area contributed by atoms with E-state index in [1.165, 1.54) is 24.3 Å². The summed E-state index contributed by atoms with van der Waals surface area (Å²) in [6.45, 7) is 0. The fourth-order valence-electron chi connectivity index (χ4n) is 1.62. The first kappa shape index (κ1) is 13.4. The Labute approximate surface area is 115 Å². The first-order valence-corrected chi connectivity index (χ1v) is 5.74. The van der Waals surface area contributed by atoms with Crippen LogP contribution in [0.3, 0.4) is 0 Å². The number of ether oxygens (including phenoxy) is 1. The fraction of sp³-hybridized carbons (Fsp3) is 0. The van der Waals surface area contributed by atoms with Gasteiger partial charge in [-0.1, -0.05) is 6.07 Å². The first-order chi connectivity index (χ1) is 9.47. The average Bonchev–Trinajstić information content (AvgIpc) is 2.41. The van der Waals surface area contributed by atoms with Crippen molar-refractivity contribution in [2.24, 2.45) is 11.5 Å². The standard InChI is InChI=1S/C14H13N3O3/c15-11-5-4-9(14(17)19)7-12(11)20-10-3-1-2-8(6-10)13(16)18/h1-7H,15H2,(H2,16,18)(H2,17,19). The molecule has 102 valence electrons. The van der Waals surface area contributed by atoms with Gasteiger partial charge in [-0.05, 0) is 36.4 Å². The van der Waals surface area contributed by atoms with Crippen LogP contribution in [-0.4, -0.2) is 11.8 Å². The van der Waals surface area contributed by atoms with E-state index in [2.05, 4.69) is 0 Å². The zero-order valence-corrected chi connectivity index (χ0v) is 10.5. The van der Waals surface area contributed by atoms with E-state index in [1.54, 1.807) is 18.2 Å². The van der Waals surface area contributed by atoms with Crippen molar-refractivity contribution in [3.63, 3.8) is 0 Å². The third-order valence-electron chi connectivity index (χ3n) is 2.64. The van der Waals surface area contributed by atoms with E-state index in [0.717, 1.165) is 0 Å². The zero-order valence-electron chi connectivity index (χ0n) is 10.5. The molecule has 6 heteroatoms. The van der Waals surface area contributed by atoms with Crippen molar-refractivity contribution in [2.75, 3.05) is 5.73 Å². The van der Waals surface area contributed by atoms with Crippen LogP contribution >= 0.6 is 0 Å². The second-order valence-corrected chi connectivity index (χ2v) is 4.11. The number of hydrogen-bond donors (Lipinski definition) is 3. The van der Waals surface area contributed by atoms with E-state index < -0.39 is 11.8 Å². The summed E-state index contributed by atoms with van der Waals surface area (Å²) in [7, 11) is 0. The Kier molecular flexibility index (Phi) is 3.56. The van der Waals surface area contributed by atoms with Gasteiger partial charge in [0.25, 0.3) is 0 Å². The predicted octanol–water partition coefficient (Wildman–Crippen LogP) is 1.26. The number of nitrogens with two attached hydrogens (primary N) is 3. The lowest BCUT2D eigenvalue weighted by atomic mass is 10.1. The molecule has 2 aromatic rings. The SMILES string of the molecule is NC(=O)c1cccc(Oc2cc(C(N)=O)ccc2N)c1. The van der Waals surface area contributed by atoms with E-state index in [1.807, 2.05) is 0 Å². The van der Waals surface area contributed by atoms with Crippen molar-refractivity contribution >= 4 is 17.5 Å². The highest BCUT2D eigenvalue weighted by molar-refractivity contribution is 5.94. The second-order valence-electron chi connectivity index (χ2n) is 4.11. The number of amides is 2. The Morgan fingerprint density at radius 3 is 2.20 bits per heavy atom. The summed E-state index contributed by atoms with van der Waals surface area (Å²) < 4.78 is 5.55. The molecule has 0 spiro atoms. The summed E-state index contributed by atoms with van der Waals surface area (Å²) in [4.78, 5) is 22.2. The van der Waals surface area contributed by atoms with Crippen LogP contribution < -0.4 is 21.9 Å². The number of nitrogen functional groups attached to an aromatic ring is 1. The van der Waals surface area contributed by atoms with Gasteiger partial charge in [-0.15, -0.1) is 0 Å². The topological polar surface area (TPSA) is 121 Å². The van der Waals surface area contributed by atoms with Crippen molar-refractivity contribution in [1.82, 2.24) is 0 Å². The summed E-state index contributed by atoms with van der Waals surface area (Å²) in [6, 6.07) is 10.8. The van der Waals surface area contributed by atoms with Crippen LogP contribution in [0.4, 0.5) is 5.69 Å². The lowest BCUT2D eigenvalue weighted by Crippen LogP contribution is -2.11. The van der Waals surface area contributed by atoms with Crippen molar-refractivity contribution in [3.8, 4) is 11.5 Å². The molecule has 0 aliphatic carbocycles. The maximum atomic E-state index is 11.1. The number of primary amides is 2. The number of anilines is 1. The minimum absolute atomic E-state index is 0.278. The van der Waals surface area contributed by atoms with E-state index in [0.29, 0.717) is 17.0 Å². The highest BCUT2D eigenvalue weighted by atomic mass is 16.5. The van der Waals surface area contributed by atoms with Crippen LogP contribution in [0.2, 0.25) is 0 Å². The molecule has 0 saturated heterocycles. The molecular formula is C14H13N3O3. The largest absolute Gasteiger partial charge is 0.455 e. The van der Waals surface area contributed by atoms with E-state index in [9.17, 15) is 9.59 Å². The molecule has 2 amide bonds. The van der Waals surface area contributed by atoms with Gasteiger partial charge < -0.3 is 21.9 Å². The molecule has 0 saturated carbocycles. The third kappa shape index (κ3) is 2.86. The van der Waals surface area contributed by atoms with Gasteiger partial charge in [-0.3, -0.25) is 9.59 Å². The highest BCUT2D eigenvalue weighted by Gasteiger charge is 2.08. The van der Waals surface area contributed by atoms with E-state index >= 15 is 0 Å². The monoisotopic (exact) mass is 271 g/mol. The fourth-order valence-corrected chi connectivity index (χ4v) is 1.62. The number of carbonyl (C=O) groups is 2. The molecule has 2 rings (SSSR count). The van der Waals surface area contributed by atoms with Crippen LogP contribution in [0, 0.1) is 0 Å². The maximum absolute atomic E-state index is 11.1. The Balaban J connectivity index is 2.34. The normalized spacial score (nSPS) is 10.0. The van der Waals surface area contributed by atoms with E-state index in [-0.39, 0.29) is 11.3 Å². The molecule has 0 bridgehead atoms. The molecule has 0 aliphatic rings. The van der Waals surface area contributed by atoms with Crippen molar-refractivity contribution < 1.29 is 14.3 Å². The molecule has 0 fully saturated rings. The smallest absolute Gasteiger partial charge is 0.248 e. The van der Waals surface area contributed by atoms with Gasteiger partial charge in [0.15, 0.2) is 5.75 Å². The molecule has 0 aromatic heterocycles. The van der Waals surface area contributed by atoms with Crippen LogP contribution in [0.25, 0.3) is 0 Å². The Morgan fingerprint density at radius 1 is 0.900 bits per heavy atom. The van der Waals surface area contributed by atoms with Crippen LogP contribution in [0.15, 0.2) is 42.5 Å². The van der Waals surface area contributed by atoms with Gasteiger partial charge in [-0.25, -0.2) is 0 Å². The zero-order chi connectivity index (χ0) is 14.7. The lowest BCUT2D eigenvalue weighted by Gasteiger charge is -2.10. The maximum Gasteiger partial charge on any atom is 0.248 e. The van der Waals surface area contributed by atoms with E-state index in [4.69, 9.17) is 21.9 Å². The molecule has 0 heterocycles. The van der Waals surface area contributed by atoms with Gasteiger partial charge >= 0.3 is 0 Å². The summed E-state index contributed by atoms with van der Waals surface area (Å²) in [5.74, 6) is -0.479. The highest BCUT2D eigenvalue weighted by Crippen LogP contribution is 2.28. The molecule has 20 heavy (non-hydrogen) atoms. The van der Waals surface area contributed by atoms with Crippen LogP contribution in [-0.2, 0) is 0 Å². The number of hydrogen-bond acceptors (Lipinski definition) is 4. The summed E-state index contributed by atoms with van der Waals surface area (Å²) in [5.41, 5.74) is 17.1. The Hall–Kier alpha value is -3.02. The molecule has 0 aliphatic heterocycles. The summed E-state index contributed by atoms with van der Waals surface area (Å²) in [6.07, 6.45) is 0. The van der Waals surface area contributed by atoms with Gasteiger partial charge in [0.05, 0.1) is 5.69 Å². The lowest BCUT2D eigenvalue weighted by molar-refractivity contribution is 0.0992. The van der Waals surface area contributed by atoms with Crippen molar-refractivity contribution in [3.05, 3.63) is 53.6 Å². The molecule has 0 radical (unpaired) electrons. The minimum atomic E-state index is -0.583. The average molecular weight is 271 g/mol. The molecule has 0 atom stereocenters. The summed E-state index contributed by atoms with van der Waals surface area (Å²) in [5, 5.41) is 0. The van der Waals surface area contributed by atoms with Crippen molar-refractivity contribution in [2.45, 2.75) is 0 Å². The Morgan fingerprint density at radius 2 is 1.55 bits per heavy atom. The minimum Gasteiger partial charge on any atom is -0.455 e. The molecule has 0 unspecified atom stereocenters. The van der Waals surface area contributed by atoms with Crippen LogP contribution in [0.1, 0.15) is 20.7 Å².